The Morgan fingerprint density at radius 3 is 2.13 bits per heavy atom. The third kappa shape index (κ3) is 5.99. The molecule has 0 radical (unpaired) electrons. The molecule has 2 rings (SSSR count). The molecule has 0 aliphatic heterocycles. The maximum atomic E-state index is 13.5. The van der Waals surface area contributed by atoms with Crippen molar-refractivity contribution in [3.8, 4) is 11.3 Å². The number of methoxy groups -OCH3 is 1. The Morgan fingerprint density at radius 2 is 1.70 bits per heavy atom. The van der Waals surface area contributed by atoms with Crippen molar-refractivity contribution in [2.24, 2.45) is 5.73 Å². The quantitative estimate of drug-likeness (QED) is 0.538. The molecule has 5 nitrogen and oxygen atoms in total. The summed E-state index contributed by atoms with van der Waals surface area (Å²) in [5.41, 5.74) is 1.000. The second-order valence-corrected chi connectivity index (χ2v) is 5.64. The molecule has 30 heavy (non-hydrogen) atoms. The number of carbonyl (C=O) groups is 1. The highest BCUT2D eigenvalue weighted by molar-refractivity contribution is 5.90. The minimum Gasteiger partial charge on any atom is -0.465 e. The van der Waals surface area contributed by atoms with Gasteiger partial charge in [-0.05, 0) is 42.8 Å². The van der Waals surface area contributed by atoms with Crippen LogP contribution in [0.5, 0.6) is 0 Å². The first kappa shape index (κ1) is 27.5. The van der Waals surface area contributed by atoms with Gasteiger partial charge < -0.3 is 15.6 Å². The number of hydrogen-bond donors (Lipinski definition) is 2. The van der Waals surface area contributed by atoms with Crippen molar-refractivity contribution in [2.75, 3.05) is 13.7 Å². The number of aromatic nitrogens is 1. The van der Waals surface area contributed by atoms with Gasteiger partial charge in [0.1, 0.15) is 5.82 Å². The van der Waals surface area contributed by atoms with Crippen molar-refractivity contribution < 1.29 is 32.2 Å². The summed E-state index contributed by atoms with van der Waals surface area (Å²) in [7, 11) is 1.06. The van der Waals surface area contributed by atoms with Gasteiger partial charge in [0.15, 0.2) is 0 Å². The van der Waals surface area contributed by atoms with Crippen molar-refractivity contribution >= 4 is 5.97 Å². The number of hydrogen-bond acceptors (Lipinski definition) is 5. The highest BCUT2D eigenvalue weighted by Crippen LogP contribution is 2.38. The molecule has 1 unspecified atom stereocenters. The molecule has 2 aromatic rings. The van der Waals surface area contributed by atoms with Gasteiger partial charge in [0.25, 0.3) is 0 Å². The van der Waals surface area contributed by atoms with Crippen LogP contribution in [-0.2, 0) is 10.3 Å². The minimum absolute atomic E-state index is 0.0675. The lowest BCUT2D eigenvalue weighted by molar-refractivity contribution is -0.263. The van der Waals surface area contributed by atoms with E-state index in [1.807, 2.05) is 27.7 Å². The largest absolute Gasteiger partial charge is 0.465 e. The summed E-state index contributed by atoms with van der Waals surface area (Å²) in [4.78, 5) is 15.7. The van der Waals surface area contributed by atoms with Gasteiger partial charge in [-0.15, -0.1) is 0 Å². The van der Waals surface area contributed by atoms with E-state index in [0.717, 1.165) is 19.2 Å². The lowest BCUT2D eigenvalue weighted by atomic mass is 9.95. The van der Waals surface area contributed by atoms with Gasteiger partial charge in [-0.2, -0.15) is 13.2 Å². The fourth-order valence-electron chi connectivity index (χ4n) is 2.30. The first-order valence-corrected chi connectivity index (χ1v) is 9.40. The number of alkyl halides is 3. The van der Waals surface area contributed by atoms with E-state index >= 15 is 0 Å². The van der Waals surface area contributed by atoms with Gasteiger partial charge in [-0.1, -0.05) is 27.7 Å². The van der Waals surface area contributed by atoms with E-state index in [2.05, 4.69) is 9.72 Å². The number of rotatable bonds is 4. The van der Waals surface area contributed by atoms with Crippen LogP contribution < -0.4 is 5.73 Å². The normalized spacial score (nSPS) is 12.5. The summed E-state index contributed by atoms with van der Waals surface area (Å²) in [6.07, 6.45) is -5.13. The van der Waals surface area contributed by atoms with E-state index < -0.39 is 35.8 Å². The van der Waals surface area contributed by atoms with Crippen LogP contribution in [0.3, 0.4) is 0 Å². The number of aryl methyl sites for hydroxylation is 1. The molecule has 168 valence electrons. The summed E-state index contributed by atoms with van der Waals surface area (Å²) in [6, 6.07) is 5.74. The van der Waals surface area contributed by atoms with Crippen LogP contribution in [0.4, 0.5) is 17.6 Å². The van der Waals surface area contributed by atoms with Gasteiger partial charge >= 0.3 is 12.1 Å². The Kier molecular flexibility index (Phi) is 10.6. The number of ether oxygens (including phenoxy) is 1. The fourth-order valence-corrected chi connectivity index (χ4v) is 2.30. The van der Waals surface area contributed by atoms with Crippen LogP contribution in [0, 0.1) is 12.7 Å². The van der Waals surface area contributed by atoms with E-state index in [4.69, 9.17) is 5.73 Å². The maximum absolute atomic E-state index is 13.5. The number of aliphatic hydroxyl groups is 1. The zero-order valence-corrected chi connectivity index (χ0v) is 17.9. The molecule has 0 aliphatic carbocycles. The van der Waals surface area contributed by atoms with Gasteiger partial charge in [-0.25, -0.2) is 14.2 Å². The topological polar surface area (TPSA) is 85.4 Å². The summed E-state index contributed by atoms with van der Waals surface area (Å²) in [5, 5.41) is 10.1. The summed E-state index contributed by atoms with van der Waals surface area (Å²) in [5.74, 6) is -1.43. The number of nitrogens with two attached hydrogens (primary N) is 1. The number of halogens is 4. The Balaban J connectivity index is 0.00000198. The Hall–Kier alpha value is -2.52. The van der Waals surface area contributed by atoms with E-state index in [-0.39, 0.29) is 22.4 Å². The Morgan fingerprint density at radius 1 is 1.13 bits per heavy atom. The molecule has 0 bridgehead atoms. The molecule has 0 saturated heterocycles. The summed E-state index contributed by atoms with van der Waals surface area (Å²) >= 11 is 0. The van der Waals surface area contributed by atoms with Gasteiger partial charge in [0.05, 0.1) is 24.1 Å². The van der Waals surface area contributed by atoms with Crippen LogP contribution in [0.15, 0.2) is 30.3 Å². The summed E-state index contributed by atoms with van der Waals surface area (Å²) < 4.78 is 58.0. The fraction of sp³-hybridized carbons (Fsp3) is 0.429. The predicted molar refractivity (Wildman–Crippen MR) is 107 cm³/mol. The van der Waals surface area contributed by atoms with Crippen LogP contribution in [0.1, 0.15) is 49.3 Å². The molecule has 1 aromatic carbocycles. The Labute approximate surface area is 173 Å². The van der Waals surface area contributed by atoms with Crippen molar-refractivity contribution in [3.63, 3.8) is 0 Å². The van der Waals surface area contributed by atoms with Crippen molar-refractivity contribution in [3.05, 3.63) is 53.0 Å². The second-order valence-electron chi connectivity index (χ2n) is 5.64. The number of pyridine rings is 1. The lowest BCUT2D eigenvalue weighted by Gasteiger charge is -2.29. The molecular formula is C21H28F4N2O3. The van der Waals surface area contributed by atoms with Crippen molar-refractivity contribution in [2.45, 2.75) is 46.4 Å². The number of nitrogens with zero attached hydrogens (tertiary/aromatic N) is 1. The first-order valence-electron chi connectivity index (χ1n) is 9.40. The first-order chi connectivity index (χ1) is 14.0. The van der Waals surface area contributed by atoms with Crippen LogP contribution in [-0.4, -0.2) is 35.9 Å². The maximum Gasteiger partial charge on any atom is 0.424 e. The third-order valence-electron chi connectivity index (χ3n) is 3.89. The van der Waals surface area contributed by atoms with Crippen LogP contribution in [0.25, 0.3) is 11.3 Å². The third-order valence-corrected chi connectivity index (χ3v) is 3.89. The van der Waals surface area contributed by atoms with Gasteiger partial charge in [0.2, 0.25) is 5.60 Å². The zero-order chi connectivity index (χ0) is 23.7. The highest BCUT2D eigenvalue weighted by atomic mass is 19.4. The number of carbonyl (C=O) groups excluding carboxylic acids is 1. The second kappa shape index (κ2) is 11.6. The van der Waals surface area contributed by atoms with E-state index in [1.165, 1.54) is 25.1 Å². The zero-order valence-electron chi connectivity index (χ0n) is 17.9. The minimum atomic E-state index is -5.13. The van der Waals surface area contributed by atoms with Crippen LogP contribution >= 0.6 is 0 Å². The lowest BCUT2D eigenvalue weighted by Crippen LogP contribution is -2.49. The SMILES string of the molecule is CC.CC.COC(=O)c1cc(-c2ccc(F)c(C)c2)nc(C(O)(CN)C(F)(F)F)c1. The van der Waals surface area contributed by atoms with Crippen molar-refractivity contribution in [1.82, 2.24) is 4.98 Å². The standard InChI is InChI=1S/C17H16F4N2O3.2C2H6/c1-9-5-10(3-4-12(9)18)13-6-11(15(24)26-2)7-14(23-13)16(25,8-22)17(19,20)21;2*1-2/h3-7,25H,8,22H2,1-2H3;2*1-2H3. The van der Waals surface area contributed by atoms with Gasteiger partial charge in [-0.3, -0.25) is 0 Å². The molecule has 0 spiro atoms. The molecule has 0 saturated carbocycles. The molecule has 1 atom stereocenters. The van der Waals surface area contributed by atoms with Crippen LogP contribution in [0.2, 0.25) is 0 Å². The predicted octanol–water partition coefficient (Wildman–Crippen LogP) is 4.74. The number of esters is 1. The molecule has 0 fully saturated rings. The smallest absolute Gasteiger partial charge is 0.424 e. The van der Waals surface area contributed by atoms with E-state index in [1.54, 1.807) is 0 Å². The highest BCUT2D eigenvalue weighted by Gasteiger charge is 2.55. The molecule has 1 heterocycles. The molecular weight excluding hydrogens is 404 g/mol. The van der Waals surface area contributed by atoms with Gasteiger partial charge in [0, 0.05) is 12.1 Å². The molecule has 0 amide bonds. The molecule has 1 aromatic heterocycles. The molecule has 0 aliphatic rings. The number of benzene rings is 1. The average molecular weight is 432 g/mol. The van der Waals surface area contributed by atoms with E-state index in [9.17, 15) is 27.5 Å². The van der Waals surface area contributed by atoms with E-state index in [0.29, 0.717) is 0 Å². The molecule has 3 N–H and O–H groups in total. The average Bonchev–Trinajstić information content (AvgIpc) is 2.76. The Bertz CT molecular complexity index is 841. The summed E-state index contributed by atoms with van der Waals surface area (Å²) in [6.45, 7) is 8.27. The van der Waals surface area contributed by atoms with Crippen molar-refractivity contribution in [1.29, 1.82) is 0 Å². The monoisotopic (exact) mass is 432 g/mol. The molecule has 9 heteroatoms.